The van der Waals surface area contributed by atoms with Crippen molar-refractivity contribution in [2.45, 2.75) is 0 Å². The Hall–Kier alpha value is -2.68. The lowest BCUT2D eigenvalue weighted by Gasteiger charge is -2.09. The molecule has 0 fully saturated rings. The first kappa shape index (κ1) is 12.8. The largest absolute Gasteiger partial charge is 0.739 e. The summed E-state index contributed by atoms with van der Waals surface area (Å²) in [4.78, 5) is 11.6. The number of fused-ring (bicyclic) bond motifs is 1. The Morgan fingerprint density at radius 1 is 1.32 bits per heavy atom. The van der Waals surface area contributed by atoms with Crippen LogP contribution in [0, 0.1) is 10.4 Å². The van der Waals surface area contributed by atoms with Gasteiger partial charge in [-0.05, 0) is 6.07 Å². The van der Waals surface area contributed by atoms with Gasteiger partial charge in [0.1, 0.15) is 0 Å². The lowest BCUT2D eigenvalue weighted by molar-refractivity contribution is -0.672. The zero-order chi connectivity index (χ0) is 13.8. The highest BCUT2D eigenvalue weighted by Gasteiger charge is 2.21. The number of aliphatic hydroxyl groups excluding tert-OH is 1. The van der Waals surface area contributed by atoms with Crippen molar-refractivity contribution in [3.05, 3.63) is 34.7 Å². The molecule has 2 rings (SSSR count). The Labute approximate surface area is 107 Å². The van der Waals surface area contributed by atoms with Gasteiger partial charge in [0.05, 0.1) is 6.61 Å². The molecule has 0 aliphatic rings. The fourth-order valence-corrected chi connectivity index (χ4v) is 1.48. The van der Waals surface area contributed by atoms with Gasteiger partial charge >= 0.3 is 12.0 Å². The lowest BCUT2D eigenvalue weighted by Crippen LogP contribution is -2.46. The molecule has 100 valence electrons. The molecule has 0 spiro atoms. The van der Waals surface area contributed by atoms with E-state index in [0.29, 0.717) is 4.73 Å². The van der Waals surface area contributed by atoms with Crippen LogP contribution in [-0.2, 0) is 0 Å². The standard InChI is InChI=1S/C10H11N5O4/c16-6-5-11-10(17)12-9-13-15(19)8-4-2-1-3-7(8)14(9)18/h1-4,16H,5-6H2,(H2,11,12,13,17). The zero-order valence-electron chi connectivity index (χ0n) is 9.74. The van der Waals surface area contributed by atoms with Crippen LogP contribution in [0.5, 0.6) is 0 Å². The number of carbonyl (C=O) groups is 1. The number of para-hydroxylation sites is 2. The van der Waals surface area contributed by atoms with Crippen LogP contribution in [0.4, 0.5) is 10.7 Å². The summed E-state index contributed by atoms with van der Waals surface area (Å²) < 4.78 is 0.349. The molecule has 0 unspecified atom stereocenters. The molecule has 1 aromatic heterocycles. The predicted octanol–water partition coefficient (Wildman–Crippen LogP) is -1.38. The molecule has 0 saturated heterocycles. The molecule has 0 aliphatic heterocycles. The Kier molecular flexibility index (Phi) is 3.57. The Morgan fingerprint density at radius 3 is 2.68 bits per heavy atom. The second-order valence-corrected chi connectivity index (χ2v) is 3.58. The fourth-order valence-electron chi connectivity index (χ4n) is 1.48. The minimum atomic E-state index is -0.735. The van der Waals surface area contributed by atoms with E-state index in [-0.39, 0.29) is 29.0 Å². The Bertz CT molecular complexity index is 618. The highest BCUT2D eigenvalue weighted by molar-refractivity contribution is 5.86. The summed E-state index contributed by atoms with van der Waals surface area (Å²) in [7, 11) is 0. The average Bonchev–Trinajstić information content (AvgIpc) is 2.42. The molecule has 2 aromatic rings. The first-order chi connectivity index (χ1) is 9.13. The number of hydrogen-bond donors (Lipinski definition) is 3. The van der Waals surface area contributed by atoms with Crippen molar-refractivity contribution in [1.82, 2.24) is 10.4 Å². The number of rotatable bonds is 3. The summed E-state index contributed by atoms with van der Waals surface area (Å²) in [6.45, 7) is -0.215. The smallest absolute Gasteiger partial charge is 0.469 e. The van der Waals surface area contributed by atoms with E-state index < -0.39 is 12.0 Å². The van der Waals surface area contributed by atoms with Gasteiger partial charge in [-0.2, -0.15) is 5.32 Å². The molecule has 9 nitrogen and oxygen atoms in total. The van der Waals surface area contributed by atoms with Gasteiger partial charge in [0.25, 0.3) is 5.52 Å². The summed E-state index contributed by atoms with van der Waals surface area (Å²) in [6, 6.07) is 5.34. The highest BCUT2D eigenvalue weighted by atomic mass is 16.5. The second-order valence-electron chi connectivity index (χ2n) is 3.58. The third kappa shape index (κ3) is 2.60. The van der Waals surface area contributed by atoms with Crippen LogP contribution in [-0.4, -0.2) is 29.4 Å². The minimum Gasteiger partial charge on any atom is -0.739 e. The van der Waals surface area contributed by atoms with E-state index in [2.05, 4.69) is 15.7 Å². The highest BCUT2D eigenvalue weighted by Crippen LogP contribution is 2.05. The molecule has 1 heterocycles. The van der Waals surface area contributed by atoms with E-state index in [0.717, 1.165) is 0 Å². The molecule has 0 bridgehead atoms. The SMILES string of the molecule is O=C(NCCO)Nc1n[n+]([O-])c2ccccc2[n+]1[O-]. The average molecular weight is 265 g/mol. The number of amides is 2. The third-order valence-electron chi connectivity index (χ3n) is 2.31. The Morgan fingerprint density at radius 2 is 2.00 bits per heavy atom. The van der Waals surface area contributed by atoms with Crippen molar-refractivity contribution in [2.75, 3.05) is 18.5 Å². The monoisotopic (exact) mass is 265 g/mol. The summed E-state index contributed by atoms with van der Waals surface area (Å²) in [5.41, 5.74) is 0.184. The van der Waals surface area contributed by atoms with Crippen LogP contribution in [0.2, 0.25) is 0 Å². The number of aliphatic hydroxyl groups is 1. The van der Waals surface area contributed by atoms with Crippen molar-refractivity contribution in [3.8, 4) is 0 Å². The van der Waals surface area contributed by atoms with Crippen molar-refractivity contribution >= 4 is 23.0 Å². The lowest BCUT2D eigenvalue weighted by atomic mass is 10.3. The topological polar surface area (TPSA) is 128 Å². The van der Waals surface area contributed by atoms with E-state index in [1.807, 2.05) is 0 Å². The Balaban J connectivity index is 2.34. The van der Waals surface area contributed by atoms with Crippen LogP contribution in [0.15, 0.2) is 24.3 Å². The number of benzene rings is 1. The normalized spacial score (nSPS) is 10.4. The second kappa shape index (κ2) is 5.31. The van der Waals surface area contributed by atoms with Gasteiger partial charge in [0.2, 0.25) is 5.10 Å². The number of anilines is 1. The van der Waals surface area contributed by atoms with E-state index in [1.54, 1.807) is 12.1 Å². The molecule has 9 heteroatoms. The van der Waals surface area contributed by atoms with E-state index in [4.69, 9.17) is 5.11 Å². The first-order valence-corrected chi connectivity index (χ1v) is 5.41. The molecular weight excluding hydrogens is 254 g/mol. The van der Waals surface area contributed by atoms with Gasteiger partial charge in [-0.1, -0.05) is 12.1 Å². The quantitative estimate of drug-likeness (QED) is 0.465. The van der Waals surface area contributed by atoms with Crippen molar-refractivity contribution in [3.63, 3.8) is 0 Å². The van der Waals surface area contributed by atoms with Crippen molar-refractivity contribution < 1.29 is 19.5 Å². The summed E-state index contributed by atoms with van der Waals surface area (Å²) in [5, 5.41) is 39.9. The number of aromatic nitrogens is 3. The summed E-state index contributed by atoms with van der Waals surface area (Å²) in [5.74, 6) is -0.441. The molecular formula is C10H11N5O4. The van der Waals surface area contributed by atoms with Crippen molar-refractivity contribution in [2.24, 2.45) is 0 Å². The van der Waals surface area contributed by atoms with Gasteiger partial charge in [0, 0.05) is 17.5 Å². The van der Waals surface area contributed by atoms with E-state index in [9.17, 15) is 15.2 Å². The first-order valence-electron chi connectivity index (χ1n) is 5.41. The van der Waals surface area contributed by atoms with E-state index >= 15 is 0 Å². The van der Waals surface area contributed by atoms with Crippen LogP contribution < -0.4 is 20.2 Å². The molecule has 3 N–H and O–H groups in total. The van der Waals surface area contributed by atoms with Gasteiger partial charge in [-0.15, -0.1) is 0 Å². The zero-order valence-corrected chi connectivity index (χ0v) is 9.74. The molecule has 0 aliphatic carbocycles. The molecule has 0 saturated carbocycles. The third-order valence-corrected chi connectivity index (χ3v) is 2.31. The fraction of sp³-hybridized carbons (Fsp3) is 0.200. The molecule has 0 atom stereocenters. The minimum absolute atomic E-state index is 0.0235. The molecule has 1 aromatic carbocycles. The maximum atomic E-state index is 11.9. The van der Waals surface area contributed by atoms with Crippen LogP contribution in [0.1, 0.15) is 0 Å². The van der Waals surface area contributed by atoms with Gasteiger partial charge < -0.3 is 20.8 Å². The number of nitrogens with zero attached hydrogens (tertiary/aromatic N) is 3. The van der Waals surface area contributed by atoms with E-state index in [1.165, 1.54) is 12.1 Å². The van der Waals surface area contributed by atoms with Gasteiger partial charge in [0.15, 0.2) is 5.52 Å². The van der Waals surface area contributed by atoms with Crippen LogP contribution in [0.25, 0.3) is 11.0 Å². The predicted molar refractivity (Wildman–Crippen MR) is 63.8 cm³/mol. The number of hydrogen-bond acceptors (Lipinski definition) is 5. The summed E-state index contributed by atoms with van der Waals surface area (Å²) >= 11 is 0. The van der Waals surface area contributed by atoms with Crippen LogP contribution >= 0.6 is 0 Å². The summed E-state index contributed by atoms with van der Waals surface area (Å²) in [6.07, 6.45) is 0. The van der Waals surface area contributed by atoms with Gasteiger partial charge in [-0.25, -0.2) is 9.52 Å². The number of carbonyl (C=O) groups excluding carboxylic acids is 1. The van der Waals surface area contributed by atoms with Gasteiger partial charge in [-0.3, -0.25) is 0 Å². The maximum Gasteiger partial charge on any atom is 0.469 e. The number of urea groups is 1. The molecule has 0 radical (unpaired) electrons. The van der Waals surface area contributed by atoms with Crippen molar-refractivity contribution in [1.29, 1.82) is 0 Å². The maximum absolute atomic E-state index is 11.9. The van der Waals surface area contributed by atoms with Crippen LogP contribution in [0.3, 0.4) is 0 Å². The number of nitrogens with one attached hydrogen (secondary N) is 2. The molecule has 2 amide bonds. The molecule has 19 heavy (non-hydrogen) atoms.